The van der Waals surface area contributed by atoms with Crippen molar-refractivity contribution in [1.29, 1.82) is 0 Å². The van der Waals surface area contributed by atoms with Gasteiger partial charge in [-0.25, -0.2) is 4.39 Å². The molecule has 0 radical (unpaired) electrons. The molecule has 1 aliphatic heterocycles. The maximum atomic E-state index is 13.1. The van der Waals surface area contributed by atoms with Gasteiger partial charge in [0.2, 0.25) is 5.91 Å². The SMILES string of the molecule is O=C(CN1CCC(OC2CCCCC2)CC1)Nc1ccc(F)c(Cl)c1. The Kier molecular flexibility index (Phi) is 6.68. The fourth-order valence-electron chi connectivity index (χ4n) is 3.65. The molecule has 1 aromatic carbocycles. The zero-order valence-electron chi connectivity index (χ0n) is 14.5. The number of carbonyl (C=O) groups is 1. The molecule has 2 fully saturated rings. The lowest BCUT2D eigenvalue weighted by atomic mass is 9.97. The summed E-state index contributed by atoms with van der Waals surface area (Å²) in [5.74, 6) is -0.589. The van der Waals surface area contributed by atoms with Crippen LogP contribution in [0.4, 0.5) is 10.1 Å². The second-order valence-electron chi connectivity index (χ2n) is 7.05. The van der Waals surface area contributed by atoms with Gasteiger partial charge in [-0.1, -0.05) is 30.9 Å². The number of nitrogens with one attached hydrogen (secondary N) is 1. The fraction of sp³-hybridized carbons (Fsp3) is 0.632. The minimum absolute atomic E-state index is 0.0125. The zero-order chi connectivity index (χ0) is 17.6. The van der Waals surface area contributed by atoms with Crippen LogP contribution < -0.4 is 5.32 Å². The fourth-order valence-corrected chi connectivity index (χ4v) is 3.83. The topological polar surface area (TPSA) is 41.6 Å². The molecule has 1 aromatic rings. The molecule has 0 aromatic heterocycles. The zero-order valence-corrected chi connectivity index (χ0v) is 15.2. The highest BCUT2D eigenvalue weighted by atomic mass is 35.5. The van der Waals surface area contributed by atoms with Gasteiger partial charge in [-0.2, -0.15) is 0 Å². The van der Waals surface area contributed by atoms with Crippen molar-refractivity contribution in [3.05, 3.63) is 29.0 Å². The normalized spacial score (nSPS) is 20.6. The Morgan fingerprint density at radius 2 is 1.84 bits per heavy atom. The first-order valence-corrected chi connectivity index (χ1v) is 9.60. The number of anilines is 1. The maximum Gasteiger partial charge on any atom is 0.238 e. The quantitative estimate of drug-likeness (QED) is 0.845. The van der Waals surface area contributed by atoms with Gasteiger partial charge in [-0.15, -0.1) is 0 Å². The van der Waals surface area contributed by atoms with Crippen LogP contribution in [0.1, 0.15) is 44.9 Å². The molecule has 0 bridgehead atoms. The Balaban J connectivity index is 1.39. The summed E-state index contributed by atoms with van der Waals surface area (Å²) >= 11 is 5.73. The smallest absolute Gasteiger partial charge is 0.238 e. The molecule has 0 spiro atoms. The van der Waals surface area contributed by atoms with E-state index in [1.54, 1.807) is 0 Å². The van der Waals surface area contributed by atoms with E-state index in [9.17, 15) is 9.18 Å². The Labute approximate surface area is 153 Å². The summed E-state index contributed by atoms with van der Waals surface area (Å²) < 4.78 is 19.4. The first kappa shape index (κ1) is 18.6. The van der Waals surface area contributed by atoms with Crippen LogP contribution in [0.3, 0.4) is 0 Å². The number of amides is 1. The van der Waals surface area contributed by atoms with Crippen LogP contribution in [-0.2, 0) is 9.53 Å². The third-order valence-electron chi connectivity index (χ3n) is 5.04. The van der Waals surface area contributed by atoms with Crippen LogP contribution in [0, 0.1) is 5.82 Å². The monoisotopic (exact) mass is 368 g/mol. The van der Waals surface area contributed by atoms with Gasteiger partial charge in [0.05, 0.1) is 23.8 Å². The summed E-state index contributed by atoms with van der Waals surface area (Å²) in [6.45, 7) is 2.08. The van der Waals surface area contributed by atoms with Crippen molar-refractivity contribution in [1.82, 2.24) is 4.90 Å². The third-order valence-corrected chi connectivity index (χ3v) is 5.33. The Morgan fingerprint density at radius 1 is 1.16 bits per heavy atom. The first-order chi connectivity index (χ1) is 12.1. The van der Waals surface area contributed by atoms with Crippen molar-refractivity contribution in [2.45, 2.75) is 57.2 Å². The van der Waals surface area contributed by atoms with Crippen molar-refractivity contribution in [3.8, 4) is 0 Å². The summed E-state index contributed by atoms with van der Waals surface area (Å²) in [6.07, 6.45) is 9.04. The van der Waals surface area contributed by atoms with Crippen LogP contribution >= 0.6 is 11.6 Å². The minimum Gasteiger partial charge on any atom is -0.375 e. The number of halogens is 2. The molecule has 25 heavy (non-hydrogen) atoms. The van der Waals surface area contributed by atoms with Crippen LogP contribution in [0.15, 0.2) is 18.2 Å². The molecule has 4 nitrogen and oxygen atoms in total. The average Bonchev–Trinajstić information content (AvgIpc) is 2.61. The molecule has 138 valence electrons. The Bertz CT molecular complexity index is 585. The number of likely N-dealkylation sites (tertiary alicyclic amines) is 1. The second kappa shape index (κ2) is 8.97. The second-order valence-corrected chi connectivity index (χ2v) is 7.46. The summed E-state index contributed by atoms with van der Waals surface area (Å²) in [5.41, 5.74) is 0.520. The van der Waals surface area contributed by atoms with Crippen LogP contribution in [-0.4, -0.2) is 42.6 Å². The largest absolute Gasteiger partial charge is 0.375 e. The summed E-state index contributed by atoms with van der Waals surface area (Å²) in [7, 11) is 0. The molecule has 1 heterocycles. The lowest BCUT2D eigenvalue weighted by molar-refractivity contribution is -0.118. The van der Waals surface area contributed by atoms with E-state index >= 15 is 0 Å². The highest BCUT2D eigenvalue weighted by Gasteiger charge is 2.24. The van der Waals surface area contributed by atoms with Gasteiger partial charge in [0.1, 0.15) is 5.82 Å². The molecule has 1 saturated heterocycles. The lowest BCUT2D eigenvalue weighted by Gasteiger charge is -2.34. The van der Waals surface area contributed by atoms with Crippen LogP contribution in [0.2, 0.25) is 5.02 Å². The molecule has 1 amide bonds. The molecular formula is C19H26ClFN2O2. The Morgan fingerprint density at radius 3 is 2.52 bits per heavy atom. The molecule has 3 rings (SSSR count). The lowest BCUT2D eigenvalue weighted by Crippen LogP contribution is -2.42. The van der Waals surface area contributed by atoms with Crippen molar-refractivity contribution in [2.24, 2.45) is 0 Å². The number of hydrogen-bond acceptors (Lipinski definition) is 3. The van der Waals surface area contributed by atoms with Gasteiger partial charge in [0.15, 0.2) is 0 Å². The standard InChI is InChI=1S/C19H26ClFN2O2/c20-17-12-14(6-7-18(17)21)22-19(24)13-23-10-8-16(9-11-23)25-15-4-2-1-3-5-15/h6-7,12,15-16H,1-5,8-11,13H2,(H,22,24). The molecule has 0 atom stereocenters. The Hall–Kier alpha value is -1.17. The number of nitrogens with zero attached hydrogens (tertiary/aromatic N) is 1. The highest BCUT2D eigenvalue weighted by molar-refractivity contribution is 6.31. The van der Waals surface area contributed by atoms with Gasteiger partial charge in [0, 0.05) is 18.8 Å². The van der Waals surface area contributed by atoms with Crippen LogP contribution in [0.25, 0.3) is 0 Å². The van der Waals surface area contributed by atoms with E-state index in [1.807, 2.05) is 0 Å². The van der Waals surface area contributed by atoms with Gasteiger partial charge < -0.3 is 10.1 Å². The van der Waals surface area contributed by atoms with E-state index in [1.165, 1.54) is 50.3 Å². The maximum absolute atomic E-state index is 13.1. The van der Waals surface area contributed by atoms with E-state index in [0.717, 1.165) is 25.9 Å². The number of rotatable bonds is 5. The van der Waals surface area contributed by atoms with Crippen molar-refractivity contribution in [3.63, 3.8) is 0 Å². The number of hydrogen-bond donors (Lipinski definition) is 1. The molecule has 1 aliphatic carbocycles. The molecule has 6 heteroatoms. The van der Waals surface area contributed by atoms with E-state index < -0.39 is 5.82 Å². The first-order valence-electron chi connectivity index (χ1n) is 9.23. The summed E-state index contributed by atoms with van der Waals surface area (Å²) in [5, 5.41) is 2.78. The van der Waals surface area contributed by atoms with Crippen LogP contribution in [0.5, 0.6) is 0 Å². The summed E-state index contributed by atoms with van der Waals surface area (Å²) in [4.78, 5) is 14.3. The van der Waals surface area contributed by atoms with E-state index in [4.69, 9.17) is 16.3 Å². The van der Waals surface area contributed by atoms with E-state index in [2.05, 4.69) is 10.2 Å². The predicted molar refractivity (Wildman–Crippen MR) is 97.5 cm³/mol. The van der Waals surface area contributed by atoms with Gasteiger partial charge in [-0.05, 0) is 43.9 Å². The van der Waals surface area contributed by atoms with Crippen molar-refractivity contribution in [2.75, 3.05) is 25.0 Å². The van der Waals surface area contributed by atoms with Gasteiger partial charge in [0.25, 0.3) is 0 Å². The molecule has 1 N–H and O–H groups in total. The molecular weight excluding hydrogens is 343 g/mol. The minimum atomic E-state index is -0.486. The molecule has 1 saturated carbocycles. The van der Waals surface area contributed by atoms with Gasteiger partial charge >= 0.3 is 0 Å². The molecule has 0 unspecified atom stereocenters. The van der Waals surface area contributed by atoms with Crippen molar-refractivity contribution >= 4 is 23.2 Å². The third kappa shape index (κ3) is 5.66. The van der Waals surface area contributed by atoms with E-state index in [0.29, 0.717) is 24.4 Å². The number of ether oxygens (including phenoxy) is 1. The van der Waals surface area contributed by atoms with E-state index in [-0.39, 0.29) is 10.9 Å². The van der Waals surface area contributed by atoms with Crippen molar-refractivity contribution < 1.29 is 13.9 Å². The molecule has 2 aliphatic rings. The number of piperidine rings is 1. The van der Waals surface area contributed by atoms with Gasteiger partial charge in [-0.3, -0.25) is 9.69 Å². The number of benzene rings is 1. The highest BCUT2D eigenvalue weighted by Crippen LogP contribution is 2.25. The predicted octanol–water partition coefficient (Wildman–Crippen LogP) is 4.23. The average molecular weight is 369 g/mol. The number of carbonyl (C=O) groups excluding carboxylic acids is 1. The summed E-state index contributed by atoms with van der Waals surface area (Å²) in [6, 6.07) is 4.20.